The van der Waals surface area contributed by atoms with E-state index >= 15 is 0 Å². The molecule has 0 bridgehead atoms. The van der Waals surface area contributed by atoms with Gasteiger partial charge in [0, 0.05) is 5.25 Å². The number of halogens is 1. The Kier molecular flexibility index (Phi) is 3.95. The second-order valence-electron chi connectivity index (χ2n) is 4.48. The molecule has 0 amide bonds. The number of sulfone groups is 1. The zero-order chi connectivity index (χ0) is 12.8. The van der Waals surface area contributed by atoms with E-state index in [4.69, 9.17) is 0 Å². The van der Waals surface area contributed by atoms with Crippen molar-refractivity contribution in [1.82, 2.24) is 0 Å². The highest BCUT2D eigenvalue weighted by Crippen LogP contribution is 2.57. The number of rotatable bonds is 2. The average molecular weight is 359 g/mol. The highest BCUT2D eigenvalue weighted by molar-refractivity contribution is 9.11. The Labute approximate surface area is 120 Å². The largest absolute Gasteiger partial charge is 0.270 e. The number of fused-ring (bicyclic) bond motifs is 1. The summed E-state index contributed by atoms with van der Waals surface area (Å²) in [6, 6.07) is 0. The van der Waals surface area contributed by atoms with Crippen LogP contribution in [0.5, 0.6) is 0 Å². The minimum atomic E-state index is -2.96. The van der Waals surface area contributed by atoms with Gasteiger partial charge in [0.05, 0.1) is 10.5 Å². The Hall–Kier alpha value is 0.800. The Morgan fingerprint density at radius 1 is 1.47 bits per heavy atom. The molecule has 2 aliphatic rings. The van der Waals surface area contributed by atoms with Gasteiger partial charge in [-0.3, -0.25) is 0 Å². The van der Waals surface area contributed by atoms with E-state index < -0.39 is 14.0 Å². The van der Waals surface area contributed by atoms with Crippen LogP contribution in [0.2, 0.25) is 0 Å². The lowest BCUT2D eigenvalue weighted by molar-refractivity contribution is -0.515. The first-order chi connectivity index (χ1) is 7.85. The maximum absolute atomic E-state index is 11.9. The van der Waals surface area contributed by atoms with Crippen molar-refractivity contribution in [3.63, 3.8) is 0 Å². The van der Waals surface area contributed by atoms with Crippen molar-refractivity contribution in [2.75, 3.05) is 18.8 Å². The fraction of sp³-hybridized carbons (Fsp3) is 0.900. The van der Waals surface area contributed by atoms with Crippen LogP contribution >= 0.6 is 39.5 Å². The van der Waals surface area contributed by atoms with Gasteiger partial charge in [0.25, 0.3) is 4.38 Å². The summed E-state index contributed by atoms with van der Waals surface area (Å²) < 4.78 is 26.8. The van der Waals surface area contributed by atoms with E-state index in [0.29, 0.717) is 5.75 Å². The number of alkyl halides is 1. The molecule has 7 heteroatoms. The number of thioether (sulfide) groups is 2. The van der Waals surface area contributed by atoms with Gasteiger partial charge in [-0.25, -0.2) is 13.0 Å². The Morgan fingerprint density at radius 2 is 2.06 bits per heavy atom. The first kappa shape index (κ1) is 14.2. The maximum atomic E-state index is 11.9. The summed E-state index contributed by atoms with van der Waals surface area (Å²) in [4.78, 5) is 0. The van der Waals surface area contributed by atoms with Crippen LogP contribution in [-0.2, 0) is 9.84 Å². The average Bonchev–Trinajstić information content (AvgIpc) is 2.64. The van der Waals surface area contributed by atoms with Gasteiger partial charge in [0.15, 0.2) is 9.84 Å². The van der Waals surface area contributed by atoms with Crippen LogP contribution < -0.4 is 0 Å². The van der Waals surface area contributed by atoms with E-state index in [1.165, 1.54) is 4.38 Å². The molecular formula is C10H17BrNO2S3+. The molecule has 17 heavy (non-hydrogen) atoms. The predicted octanol–water partition coefficient (Wildman–Crippen LogP) is 2.15. The zero-order valence-electron chi connectivity index (χ0n) is 10.1. The molecule has 0 N–H and O–H groups in total. The molecule has 0 aromatic rings. The lowest BCUT2D eigenvalue weighted by Gasteiger charge is -2.21. The SMILES string of the molecule is CC[N+](CC)=C1S[C@@H]2CS(=O)(=O)[C@H](Br)[C@]2(C)S1. The van der Waals surface area contributed by atoms with Crippen molar-refractivity contribution in [2.45, 2.75) is 34.9 Å². The van der Waals surface area contributed by atoms with Crippen molar-refractivity contribution in [3.05, 3.63) is 0 Å². The molecule has 2 saturated heterocycles. The highest BCUT2D eigenvalue weighted by Gasteiger charge is 2.62. The molecule has 2 rings (SSSR count). The topological polar surface area (TPSA) is 37.1 Å². The van der Waals surface area contributed by atoms with Crippen molar-refractivity contribution >= 4 is 53.7 Å². The molecule has 2 heterocycles. The molecule has 2 aliphatic heterocycles. The van der Waals surface area contributed by atoms with E-state index in [1.54, 1.807) is 23.5 Å². The first-order valence-electron chi connectivity index (χ1n) is 5.68. The third-order valence-electron chi connectivity index (χ3n) is 3.36. The van der Waals surface area contributed by atoms with Crippen LogP contribution in [0.15, 0.2) is 0 Å². The van der Waals surface area contributed by atoms with Crippen LogP contribution in [0.25, 0.3) is 0 Å². The van der Waals surface area contributed by atoms with Crippen LogP contribution in [0.4, 0.5) is 0 Å². The van der Waals surface area contributed by atoms with Gasteiger partial charge in [0.2, 0.25) is 0 Å². The molecule has 0 aliphatic carbocycles. The molecule has 3 nitrogen and oxygen atoms in total. The zero-order valence-corrected chi connectivity index (χ0v) is 14.2. The molecule has 98 valence electrons. The van der Waals surface area contributed by atoms with E-state index in [9.17, 15) is 8.42 Å². The summed E-state index contributed by atoms with van der Waals surface area (Å²) in [6.07, 6.45) is 0. The third kappa shape index (κ3) is 2.21. The Bertz CT molecular complexity index is 456. The predicted molar refractivity (Wildman–Crippen MR) is 80.2 cm³/mol. The van der Waals surface area contributed by atoms with E-state index in [0.717, 1.165) is 13.1 Å². The highest BCUT2D eigenvalue weighted by atomic mass is 79.9. The summed E-state index contributed by atoms with van der Waals surface area (Å²) >= 11 is 6.86. The van der Waals surface area contributed by atoms with Crippen molar-refractivity contribution in [2.24, 2.45) is 0 Å². The smallest absolute Gasteiger partial charge is 0.228 e. The monoisotopic (exact) mass is 358 g/mol. The molecule has 2 fully saturated rings. The Morgan fingerprint density at radius 3 is 2.53 bits per heavy atom. The fourth-order valence-corrected chi connectivity index (χ4v) is 10.3. The summed E-state index contributed by atoms with van der Waals surface area (Å²) in [5, 5.41) is 0.178. The molecule has 0 saturated carbocycles. The van der Waals surface area contributed by atoms with Crippen molar-refractivity contribution < 1.29 is 13.0 Å². The lowest BCUT2D eigenvalue weighted by atomic mass is 10.1. The van der Waals surface area contributed by atoms with Gasteiger partial charge in [-0.15, -0.1) is 0 Å². The second kappa shape index (κ2) is 4.72. The molecule has 3 atom stereocenters. The minimum absolute atomic E-state index is 0.178. The van der Waals surface area contributed by atoms with E-state index in [2.05, 4.69) is 41.3 Å². The van der Waals surface area contributed by atoms with Crippen LogP contribution in [0, 0.1) is 0 Å². The molecule has 0 aromatic heterocycles. The van der Waals surface area contributed by atoms with E-state index in [-0.39, 0.29) is 10.00 Å². The van der Waals surface area contributed by atoms with Gasteiger partial charge in [0.1, 0.15) is 17.2 Å². The molecule has 0 aromatic carbocycles. The van der Waals surface area contributed by atoms with Crippen molar-refractivity contribution in [3.8, 4) is 0 Å². The minimum Gasteiger partial charge on any atom is -0.228 e. The van der Waals surface area contributed by atoms with Gasteiger partial charge in [-0.2, -0.15) is 0 Å². The number of hydrogen-bond acceptors (Lipinski definition) is 4. The van der Waals surface area contributed by atoms with Crippen LogP contribution in [0.3, 0.4) is 0 Å². The standard InChI is InChI=1S/C10H17BrNO2S3/c1-4-12(5-2)9-15-7-6-17(13,14)8(11)10(7,3)16-9/h7-8H,4-6H2,1-3H3/q+1/t7-,8+,10-/m1/s1. The van der Waals surface area contributed by atoms with Crippen LogP contribution in [-0.4, -0.2) is 50.4 Å². The first-order valence-corrected chi connectivity index (χ1v) is 10.0. The Balaban J connectivity index is 2.34. The quantitative estimate of drug-likeness (QED) is 0.559. The molecule has 0 unspecified atom stereocenters. The number of nitrogens with zero attached hydrogens (tertiary/aromatic N) is 1. The van der Waals surface area contributed by atoms with Crippen molar-refractivity contribution in [1.29, 1.82) is 0 Å². The second-order valence-corrected chi connectivity index (χ2v) is 11.0. The number of hydrogen-bond donors (Lipinski definition) is 0. The van der Waals surface area contributed by atoms with E-state index in [1.807, 2.05) is 0 Å². The molecule has 0 radical (unpaired) electrons. The van der Waals surface area contributed by atoms with Gasteiger partial charge < -0.3 is 0 Å². The lowest BCUT2D eigenvalue weighted by Crippen LogP contribution is -2.33. The maximum Gasteiger partial charge on any atom is 0.270 e. The summed E-state index contributed by atoms with van der Waals surface area (Å²) in [6.45, 7) is 8.30. The van der Waals surface area contributed by atoms with Gasteiger partial charge in [-0.05, 0) is 44.3 Å². The summed E-state index contributed by atoms with van der Waals surface area (Å²) in [7, 11) is -2.96. The third-order valence-corrected chi connectivity index (χ3v) is 12.1. The van der Waals surface area contributed by atoms with Gasteiger partial charge in [-0.1, -0.05) is 15.9 Å². The normalized spacial score (nSPS) is 39.4. The summed E-state index contributed by atoms with van der Waals surface area (Å²) in [5.74, 6) is 0.294. The summed E-state index contributed by atoms with van der Waals surface area (Å²) in [5.41, 5.74) is 0. The molecule has 0 spiro atoms. The van der Waals surface area contributed by atoms with Gasteiger partial charge >= 0.3 is 0 Å². The molecular weight excluding hydrogens is 342 g/mol. The fourth-order valence-electron chi connectivity index (χ4n) is 2.18. The van der Waals surface area contributed by atoms with Crippen LogP contribution in [0.1, 0.15) is 20.8 Å².